The molecule has 148 valence electrons. The van der Waals surface area contributed by atoms with Gasteiger partial charge in [-0.25, -0.2) is 0 Å². The Labute approximate surface area is 170 Å². The van der Waals surface area contributed by atoms with Crippen LogP contribution in [0.4, 0.5) is 0 Å². The quantitative estimate of drug-likeness (QED) is 0.501. The fourth-order valence-electron chi connectivity index (χ4n) is 4.06. The highest BCUT2D eigenvalue weighted by molar-refractivity contribution is 7.11. The third-order valence-corrected chi connectivity index (χ3v) is 6.52. The average molecular weight is 397 g/mol. The summed E-state index contributed by atoms with van der Waals surface area (Å²) < 4.78 is 10.9. The molecular formula is C23H28N2O2S. The SMILES string of the molecule is COc1cc2[nH]cc(CCCCC3CC(c4cccs4)=CCN3)c2cc1OC. The van der Waals surface area contributed by atoms with Gasteiger partial charge in [-0.2, -0.15) is 0 Å². The monoisotopic (exact) mass is 396 g/mol. The second-order valence-electron chi connectivity index (χ2n) is 7.33. The first-order chi connectivity index (χ1) is 13.8. The number of aromatic amines is 1. The maximum atomic E-state index is 5.46. The van der Waals surface area contributed by atoms with E-state index in [1.54, 1.807) is 14.2 Å². The molecule has 28 heavy (non-hydrogen) atoms. The van der Waals surface area contributed by atoms with Crippen LogP contribution in [0.1, 0.15) is 36.1 Å². The van der Waals surface area contributed by atoms with Crippen molar-refractivity contribution in [2.24, 2.45) is 0 Å². The first-order valence-electron chi connectivity index (χ1n) is 9.96. The minimum atomic E-state index is 0.592. The predicted molar refractivity (Wildman–Crippen MR) is 118 cm³/mol. The predicted octanol–water partition coefficient (Wildman–Crippen LogP) is 5.40. The first kappa shape index (κ1) is 19.1. The van der Waals surface area contributed by atoms with Crippen LogP contribution in [-0.4, -0.2) is 31.8 Å². The number of hydrogen-bond acceptors (Lipinski definition) is 4. The van der Waals surface area contributed by atoms with E-state index in [4.69, 9.17) is 9.47 Å². The molecule has 3 aromatic rings. The molecular weight excluding hydrogens is 368 g/mol. The Bertz CT molecular complexity index is 943. The minimum Gasteiger partial charge on any atom is -0.493 e. The maximum Gasteiger partial charge on any atom is 0.162 e. The topological polar surface area (TPSA) is 46.3 Å². The van der Waals surface area contributed by atoms with Gasteiger partial charge in [-0.15, -0.1) is 11.3 Å². The number of methoxy groups -OCH3 is 2. The lowest BCUT2D eigenvalue weighted by Crippen LogP contribution is -2.32. The Morgan fingerprint density at radius 1 is 1.14 bits per heavy atom. The molecule has 1 unspecified atom stereocenters. The molecule has 0 saturated carbocycles. The van der Waals surface area contributed by atoms with Crippen molar-refractivity contribution in [1.29, 1.82) is 0 Å². The van der Waals surface area contributed by atoms with Gasteiger partial charge in [0.2, 0.25) is 0 Å². The first-order valence-corrected chi connectivity index (χ1v) is 10.8. The van der Waals surface area contributed by atoms with E-state index in [-0.39, 0.29) is 0 Å². The van der Waals surface area contributed by atoms with Crippen LogP contribution in [0.2, 0.25) is 0 Å². The van der Waals surface area contributed by atoms with E-state index in [2.05, 4.69) is 46.2 Å². The lowest BCUT2D eigenvalue weighted by atomic mass is 9.95. The summed E-state index contributed by atoms with van der Waals surface area (Å²) in [5.41, 5.74) is 3.97. The fourth-order valence-corrected chi connectivity index (χ4v) is 4.83. The van der Waals surface area contributed by atoms with Crippen LogP contribution in [0.5, 0.6) is 11.5 Å². The van der Waals surface area contributed by atoms with E-state index in [1.165, 1.54) is 40.7 Å². The summed E-state index contributed by atoms with van der Waals surface area (Å²) in [5, 5.41) is 7.05. The summed E-state index contributed by atoms with van der Waals surface area (Å²) in [6.45, 7) is 0.988. The Kier molecular flexibility index (Phi) is 6.03. The van der Waals surface area contributed by atoms with E-state index >= 15 is 0 Å². The van der Waals surface area contributed by atoms with Crippen molar-refractivity contribution in [1.82, 2.24) is 10.3 Å². The standard InChI is InChI=1S/C23H28N2O2S/c1-26-21-13-19-17(15-25-20(19)14-22(21)27-2)6-3-4-7-18-12-16(9-10-24-18)23-8-5-11-28-23/h5,8-9,11,13-15,18,24-25H,3-4,6-7,10,12H2,1-2H3. The highest BCUT2D eigenvalue weighted by Gasteiger charge is 2.16. The molecule has 4 rings (SSSR count). The fraction of sp³-hybridized carbons (Fsp3) is 0.391. The van der Waals surface area contributed by atoms with Crippen molar-refractivity contribution in [3.05, 3.63) is 52.4 Å². The molecule has 4 nitrogen and oxygen atoms in total. The van der Waals surface area contributed by atoms with Gasteiger partial charge in [0.1, 0.15) is 0 Å². The molecule has 0 fully saturated rings. The van der Waals surface area contributed by atoms with Crippen molar-refractivity contribution < 1.29 is 9.47 Å². The van der Waals surface area contributed by atoms with Gasteiger partial charge < -0.3 is 19.8 Å². The van der Waals surface area contributed by atoms with E-state index in [1.807, 2.05) is 17.4 Å². The number of hydrogen-bond donors (Lipinski definition) is 2. The Balaban J connectivity index is 1.31. The zero-order chi connectivity index (χ0) is 19.3. The molecule has 0 saturated heterocycles. The van der Waals surface area contributed by atoms with Crippen LogP contribution in [0, 0.1) is 0 Å². The average Bonchev–Trinajstić information content (AvgIpc) is 3.40. The van der Waals surface area contributed by atoms with E-state index in [0.717, 1.165) is 36.4 Å². The van der Waals surface area contributed by atoms with Crippen molar-refractivity contribution in [2.45, 2.75) is 38.1 Å². The van der Waals surface area contributed by atoms with Crippen LogP contribution in [0.3, 0.4) is 0 Å². The van der Waals surface area contributed by atoms with Crippen molar-refractivity contribution in [3.63, 3.8) is 0 Å². The number of unbranched alkanes of at least 4 members (excludes halogenated alkanes) is 1. The third-order valence-electron chi connectivity index (χ3n) is 5.58. The molecule has 5 heteroatoms. The summed E-state index contributed by atoms with van der Waals surface area (Å²) in [7, 11) is 3.36. The van der Waals surface area contributed by atoms with Crippen molar-refractivity contribution in [3.8, 4) is 11.5 Å². The summed E-state index contributed by atoms with van der Waals surface area (Å²) in [6, 6.07) is 9.07. The zero-order valence-electron chi connectivity index (χ0n) is 16.6. The molecule has 0 radical (unpaired) electrons. The molecule has 2 aromatic heterocycles. The zero-order valence-corrected chi connectivity index (χ0v) is 17.4. The van der Waals surface area contributed by atoms with Crippen LogP contribution >= 0.6 is 11.3 Å². The molecule has 0 amide bonds. The van der Waals surface area contributed by atoms with Crippen molar-refractivity contribution >= 4 is 27.8 Å². The van der Waals surface area contributed by atoms with Crippen LogP contribution in [0.25, 0.3) is 16.5 Å². The summed E-state index contributed by atoms with van der Waals surface area (Å²) in [5.74, 6) is 1.55. The number of aromatic nitrogens is 1. The van der Waals surface area contributed by atoms with Gasteiger partial charge in [0.25, 0.3) is 0 Å². The van der Waals surface area contributed by atoms with Gasteiger partial charge in [-0.1, -0.05) is 18.6 Å². The number of H-pyrrole nitrogens is 1. The van der Waals surface area contributed by atoms with Gasteiger partial charge in [0.15, 0.2) is 11.5 Å². The molecule has 0 aliphatic carbocycles. The number of aryl methyl sites for hydroxylation is 1. The largest absolute Gasteiger partial charge is 0.493 e. The lowest BCUT2D eigenvalue weighted by Gasteiger charge is -2.24. The van der Waals surface area contributed by atoms with E-state index in [0.29, 0.717) is 6.04 Å². The summed E-state index contributed by atoms with van der Waals surface area (Å²) in [6.07, 6.45) is 10.3. The number of ether oxygens (including phenoxy) is 2. The van der Waals surface area contributed by atoms with Crippen LogP contribution < -0.4 is 14.8 Å². The van der Waals surface area contributed by atoms with Crippen molar-refractivity contribution in [2.75, 3.05) is 20.8 Å². The molecule has 2 N–H and O–H groups in total. The molecule has 0 spiro atoms. The lowest BCUT2D eigenvalue weighted by molar-refractivity contribution is 0.356. The number of benzene rings is 1. The number of fused-ring (bicyclic) bond motifs is 1. The molecule has 1 atom stereocenters. The van der Waals surface area contributed by atoms with Gasteiger partial charge in [-0.3, -0.25) is 0 Å². The third kappa shape index (κ3) is 4.10. The maximum absolute atomic E-state index is 5.46. The molecule has 0 bridgehead atoms. The molecule has 3 heterocycles. The second-order valence-corrected chi connectivity index (χ2v) is 8.28. The molecule has 1 aliphatic heterocycles. The van der Waals surface area contributed by atoms with E-state index < -0.39 is 0 Å². The van der Waals surface area contributed by atoms with Crippen LogP contribution in [-0.2, 0) is 6.42 Å². The number of rotatable bonds is 8. The Morgan fingerprint density at radius 2 is 2.00 bits per heavy atom. The smallest absolute Gasteiger partial charge is 0.162 e. The Morgan fingerprint density at radius 3 is 2.79 bits per heavy atom. The van der Waals surface area contributed by atoms with Gasteiger partial charge in [0.05, 0.1) is 14.2 Å². The number of nitrogens with one attached hydrogen (secondary N) is 2. The van der Waals surface area contributed by atoms with E-state index in [9.17, 15) is 0 Å². The normalized spacial score (nSPS) is 16.9. The van der Waals surface area contributed by atoms with Gasteiger partial charge in [0, 0.05) is 40.6 Å². The van der Waals surface area contributed by atoms with Gasteiger partial charge in [-0.05, 0) is 54.3 Å². The van der Waals surface area contributed by atoms with Gasteiger partial charge >= 0.3 is 0 Å². The highest BCUT2D eigenvalue weighted by Crippen LogP contribution is 2.34. The molecule has 1 aliphatic rings. The molecule has 1 aromatic carbocycles. The number of thiophene rings is 1. The second kappa shape index (κ2) is 8.84. The van der Waals surface area contributed by atoms with Crippen LogP contribution in [0.15, 0.2) is 41.9 Å². The highest BCUT2D eigenvalue weighted by atomic mass is 32.1. The minimum absolute atomic E-state index is 0.592. The summed E-state index contributed by atoms with van der Waals surface area (Å²) in [4.78, 5) is 4.80. The Hall–Kier alpha value is -2.24. The summed E-state index contributed by atoms with van der Waals surface area (Å²) >= 11 is 1.85.